The Morgan fingerprint density at radius 3 is 2.29 bits per heavy atom. The first-order valence-corrected chi connectivity index (χ1v) is 5.63. The van der Waals surface area contributed by atoms with E-state index >= 15 is 0 Å². The van der Waals surface area contributed by atoms with Crippen LogP contribution in [-0.4, -0.2) is 6.29 Å². The van der Waals surface area contributed by atoms with Gasteiger partial charge in [-0.15, -0.1) is 0 Å². The first kappa shape index (κ1) is 12.0. The number of carbonyl (C=O) groups excluding carboxylic acids is 1. The van der Waals surface area contributed by atoms with E-state index in [0.717, 1.165) is 0 Å². The summed E-state index contributed by atoms with van der Waals surface area (Å²) in [5.74, 6) is 1.02. The second-order valence-corrected chi connectivity index (χ2v) is 4.15. The lowest BCUT2D eigenvalue weighted by molar-refractivity contribution is 0.112. The van der Waals surface area contributed by atoms with Crippen molar-refractivity contribution in [1.29, 1.82) is 0 Å². The number of para-hydroxylation sites is 1. The number of carbonyl (C=O) groups is 1. The summed E-state index contributed by atoms with van der Waals surface area (Å²) in [7, 11) is 0. The Morgan fingerprint density at radius 2 is 1.65 bits per heavy atom. The Morgan fingerprint density at radius 1 is 1.00 bits per heavy atom. The third kappa shape index (κ3) is 2.78. The minimum Gasteiger partial charge on any atom is -0.457 e. The first-order chi connectivity index (χ1) is 8.20. The zero-order valence-corrected chi connectivity index (χ0v) is 10.2. The maximum Gasteiger partial charge on any atom is 0.153 e. The van der Waals surface area contributed by atoms with Crippen molar-refractivity contribution < 1.29 is 9.53 Å². The highest BCUT2D eigenvalue weighted by Gasteiger charge is 2.09. The Bertz CT molecular complexity index is 539. The van der Waals surface area contributed by atoms with E-state index in [-0.39, 0.29) is 0 Å². The molecule has 0 aromatic heterocycles. The van der Waals surface area contributed by atoms with Gasteiger partial charge in [0.25, 0.3) is 0 Å². The largest absolute Gasteiger partial charge is 0.457 e. The number of hydrogen-bond donors (Lipinski definition) is 0. The lowest BCUT2D eigenvalue weighted by Gasteiger charge is -2.09. The molecular weight excluding hydrogens is 259 g/mol. The standard InChI is InChI=1S/C13H8Cl2O2/c14-11-6-9(8-16)13(7-12(11)15)17-10-4-2-1-3-5-10/h1-8H. The Labute approximate surface area is 109 Å². The summed E-state index contributed by atoms with van der Waals surface area (Å²) < 4.78 is 5.56. The van der Waals surface area contributed by atoms with E-state index in [4.69, 9.17) is 27.9 Å². The predicted molar refractivity (Wildman–Crippen MR) is 68.4 cm³/mol. The van der Waals surface area contributed by atoms with E-state index in [1.165, 1.54) is 12.1 Å². The highest BCUT2D eigenvalue weighted by Crippen LogP contribution is 2.32. The third-order valence-corrected chi connectivity index (χ3v) is 2.87. The molecule has 2 aromatic carbocycles. The summed E-state index contributed by atoms with van der Waals surface area (Å²) in [4.78, 5) is 10.9. The van der Waals surface area contributed by atoms with E-state index in [1.54, 1.807) is 12.1 Å². The van der Waals surface area contributed by atoms with Gasteiger partial charge in [-0.05, 0) is 18.2 Å². The molecule has 0 atom stereocenters. The van der Waals surface area contributed by atoms with Gasteiger partial charge in [0.05, 0.1) is 15.6 Å². The average molecular weight is 267 g/mol. The van der Waals surface area contributed by atoms with Crippen LogP contribution in [-0.2, 0) is 0 Å². The van der Waals surface area contributed by atoms with Crippen LogP contribution in [0.2, 0.25) is 10.0 Å². The van der Waals surface area contributed by atoms with Gasteiger partial charge in [-0.1, -0.05) is 41.4 Å². The summed E-state index contributed by atoms with van der Waals surface area (Å²) in [6, 6.07) is 12.1. The molecule has 2 aromatic rings. The smallest absolute Gasteiger partial charge is 0.153 e. The van der Waals surface area contributed by atoms with Gasteiger partial charge in [-0.3, -0.25) is 4.79 Å². The van der Waals surface area contributed by atoms with Crippen molar-refractivity contribution in [3.8, 4) is 11.5 Å². The number of rotatable bonds is 3. The molecule has 0 amide bonds. The van der Waals surface area contributed by atoms with Crippen LogP contribution < -0.4 is 4.74 Å². The molecule has 0 bridgehead atoms. The molecule has 2 nitrogen and oxygen atoms in total. The molecule has 0 aliphatic rings. The molecule has 17 heavy (non-hydrogen) atoms. The van der Waals surface area contributed by atoms with Crippen LogP contribution in [0.4, 0.5) is 0 Å². The minimum atomic E-state index is 0.328. The van der Waals surface area contributed by atoms with Gasteiger partial charge in [0.1, 0.15) is 11.5 Å². The molecule has 0 spiro atoms. The van der Waals surface area contributed by atoms with Crippen LogP contribution in [0.1, 0.15) is 10.4 Å². The number of halogens is 2. The van der Waals surface area contributed by atoms with E-state index in [2.05, 4.69) is 0 Å². The summed E-state index contributed by atoms with van der Waals surface area (Å²) in [5.41, 5.74) is 0.364. The fourth-order valence-electron chi connectivity index (χ4n) is 1.34. The van der Waals surface area contributed by atoms with Crippen molar-refractivity contribution in [2.75, 3.05) is 0 Å². The molecule has 0 saturated carbocycles. The Hall–Kier alpha value is -1.51. The summed E-state index contributed by atoms with van der Waals surface area (Å²) in [6.45, 7) is 0. The van der Waals surface area contributed by atoms with Gasteiger partial charge in [0.15, 0.2) is 6.29 Å². The van der Waals surface area contributed by atoms with E-state index in [1.807, 2.05) is 18.2 Å². The molecule has 0 radical (unpaired) electrons. The van der Waals surface area contributed by atoms with E-state index in [0.29, 0.717) is 33.4 Å². The van der Waals surface area contributed by atoms with E-state index < -0.39 is 0 Å². The zero-order chi connectivity index (χ0) is 12.3. The van der Waals surface area contributed by atoms with Crippen molar-refractivity contribution in [2.45, 2.75) is 0 Å². The summed E-state index contributed by atoms with van der Waals surface area (Å²) >= 11 is 11.7. The molecular formula is C13H8Cl2O2. The molecule has 0 N–H and O–H groups in total. The van der Waals surface area contributed by atoms with Gasteiger partial charge in [0.2, 0.25) is 0 Å². The third-order valence-electron chi connectivity index (χ3n) is 2.15. The van der Waals surface area contributed by atoms with Gasteiger partial charge in [-0.25, -0.2) is 0 Å². The normalized spacial score (nSPS) is 10.0. The number of hydrogen-bond acceptors (Lipinski definition) is 2. The van der Waals surface area contributed by atoms with Crippen LogP contribution in [0.5, 0.6) is 11.5 Å². The van der Waals surface area contributed by atoms with Gasteiger partial charge < -0.3 is 4.74 Å². The highest BCUT2D eigenvalue weighted by atomic mass is 35.5. The first-order valence-electron chi connectivity index (χ1n) is 4.88. The van der Waals surface area contributed by atoms with Gasteiger partial charge in [0, 0.05) is 6.07 Å². The van der Waals surface area contributed by atoms with Crippen molar-refractivity contribution in [1.82, 2.24) is 0 Å². The fourth-order valence-corrected chi connectivity index (χ4v) is 1.67. The lowest BCUT2D eigenvalue weighted by Crippen LogP contribution is -1.90. The Balaban J connectivity index is 2.38. The average Bonchev–Trinajstić information content (AvgIpc) is 2.35. The van der Waals surface area contributed by atoms with Crippen molar-refractivity contribution >= 4 is 29.5 Å². The van der Waals surface area contributed by atoms with Crippen LogP contribution in [0, 0.1) is 0 Å². The maximum atomic E-state index is 10.9. The zero-order valence-electron chi connectivity index (χ0n) is 8.69. The van der Waals surface area contributed by atoms with Crippen molar-refractivity contribution in [3.05, 3.63) is 58.1 Å². The molecule has 0 aliphatic heterocycles. The van der Waals surface area contributed by atoms with Gasteiger partial charge >= 0.3 is 0 Å². The Kier molecular flexibility index (Phi) is 3.67. The summed E-state index contributed by atoms with van der Waals surface area (Å²) in [5, 5.41) is 0.678. The van der Waals surface area contributed by atoms with Crippen LogP contribution in [0.3, 0.4) is 0 Å². The monoisotopic (exact) mass is 266 g/mol. The molecule has 0 fully saturated rings. The quantitative estimate of drug-likeness (QED) is 0.760. The molecule has 86 valence electrons. The molecule has 0 heterocycles. The lowest BCUT2D eigenvalue weighted by atomic mass is 10.2. The second-order valence-electron chi connectivity index (χ2n) is 3.34. The van der Waals surface area contributed by atoms with Crippen molar-refractivity contribution in [3.63, 3.8) is 0 Å². The molecule has 0 aliphatic carbocycles. The topological polar surface area (TPSA) is 26.3 Å². The van der Waals surface area contributed by atoms with Gasteiger partial charge in [-0.2, -0.15) is 0 Å². The minimum absolute atomic E-state index is 0.328. The summed E-state index contributed by atoms with van der Waals surface area (Å²) in [6.07, 6.45) is 0.681. The number of ether oxygens (including phenoxy) is 1. The van der Waals surface area contributed by atoms with Crippen LogP contribution in [0.15, 0.2) is 42.5 Å². The van der Waals surface area contributed by atoms with Crippen LogP contribution >= 0.6 is 23.2 Å². The van der Waals surface area contributed by atoms with Crippen molar-refractivity contribution in [2.24, 2.45) is 0 Å². The molecule has 0 saturated heterocycles. The molecule has 4 heteroatoms. The fraction of sp³-hybridized carbons (Fsp3) is 0. The maximum absolute atomic E-state index is 10.9. The second kappa shape index (κ2) is 5.21. The SMILES string of the molecule is O=Cc1cc(Cl)c(Cl)cc1Oc1ccccc1. The number of benzene rings is 2. The van der Waals surface area contributed by atoms with Crippen LogP contribution in [0.25, 0.3) is 0 Å². The number of aldehydes is 1. The molecule has 2 rings (SSSR count). The highest BCUT2D eigenvalue weighted by molar-refractivity contribution is 6.42. The molecule has 0 unspecified atom stereocenters. The van der Waals surface area contributed by atoms with E-state index in [9.17, 15) is 4.79 Å². The predicted octanol–water partition coefficient (Wildman–Crippen LogP) is 4.60.